The van der Waals surface area contributed by atoms with E-state index in [0.717, 1.165) is 24.6 Å². The van der Waals surface area contributed by atoms with Crippen LogP contribution in [0, 0.1) is 5.41 Å². The second-order valence-electron chi connectivity index (χ2n) is 5.81. The molecule has 1 aromatic rings. The summed E-state index contributed by atoms with van der Waals surface area (Å²) >= 11 is 0. The lowest BCUT2D eigenvalue weighted by Gasteiger charge is -2.23. The maximum absolute atomic E-state index is 5.39. The van der Waals surface area contributed by atoms with E-state index in [-0.39, 0.29) is 0 Å². The second-order valence-corrected chi connectivity index (χ2v) is 5.81. The van der Waals surface area contributed by atoms with Gasteiger partial charge in [-0.05, 0) is 36.0 Å². The minimum Gasteiger partial charge on any atom is -0.454 e. The first-order valence-corrected chi connectivity index (χ1v) is 6.84. The summed E-state index contributed by atoms with van der Waals surface area (Å²) in [6, 6.07) is 6.18. The topological polar surface area (TPSA) is 30.5 Å². The Bertz CT molecular complexity index is 425. The molecule has 3 nitrogen and oxygen atoms in total. The highest BCUT2D eigenvalue weighted by Crippen LogP contribution is 2.37. The third-order valence-corrected chi connectivity index (χ3v) is 4.13. The van der Waals surface area contributed by atoms with Gasteiger partial charge >= 0.3 is 0 Å². The van der Waals surface area contributed by atoms with Gasteiger partial charge in [-0.3, -0.25) is 0 Å². The lowest BCUT2D eigenvalue weighted by atomic mass is 9.89. The van der Waals surface area contributed by atoms with Crippen LogP contribution in [0.15, 0.2) is 18.2 Å². The van der Waals surface area contributed by atoms with Gasteiger partial charge in [0, 0.05) is 13.1 Å². The average Bonchev–Trinajstić information content (AvgIpc) is 2.97. The molecule has 3 heteroatoms. The van der Waals surface area contributed by atoms with Gasteiger partial charge in [0.15, 0.2) is 11.5 Å². The normalized spacial score (nSPS) is 20.3. The quantitative estimate of drug-likeness (QED) is 0.887. The van der Waals surface area contributed by atoms with Crippen molar-refractivity contribution in [2.45, 2.75) is 39.2 Å². The molecule has 0 spiro atoms. The zero-order chi connectivity index (χ0) is 12.4. The smallest absolute Gasteiger partial charge is 0.231 e. The minimum absolute atomic E-state index is 0.351. The minimum atomic E-state index is 0.351. The van der Waals surface area contributed by atoms with Crippen molar-refractivity contribution in [3.05, 3.63) is 23.8 Å². The van der Waals surface area contributed by atoms with Crippen molar-refractivity contribution in [1.82, 2.24) is 5.32 Å². The number of hydrogen-bond acceptors (Lipinski definition) is 3. The standard InChI is InChI=1S/C15H21NO2/c1-15(6-2-3-7-15)10-16-9-12-4-5-13-14(8-12)18-11-17-13/h4-5,8,16H,2-3,6-7,9-11H2,1H3. The highest BCUT2D eigenvalue weighted by Gasteiger charge is 2.27. The zero-order valence-corrected chi connectivity index (χ0v) is 11.0. The van der Waals surface area contributed by atoms with Crippen molar-refractivity contribution in [3.8, 4) is 11.5 Å². The van der Waals surface area contributed by atoms with Gasteiger partial charge in [0.1, 0.15) is 0 Å². The molecule has 0 unspecified atom stereocenters. The lowest BCUT2D eigenvalue weighted by Crippen LogP contribution is -2.29. The average molecular weight is 247 g/mol. The van der Waals surface area contributed by atoms with E-state index in [2.05, 4.69) is 24.4 Å². The number of hydrogen-bond donors (Lipinski definition) is 1. The summed E-state index contributed by atoms with van der Waals surface area (Å²) in [4.78, 5) is 0. The highest BCUT2D eigenvalue weighted by molar-refractivity contribution is 5.44. The first kappa shape index (κ1) is 11.8. The maximum atomic E-state index is 5.39. The van der Waals surface area contributed by atoms with E-state index in [1.165, 1.54) is 31.2 Å². The Hall–Kier alpha value is -1.22. The molecule has 1 fully saturated rings. The lowest BCUT2D eigenvalue weighted by molar-refractivity contribution is 0.174. The van der Waals surface area contributed by atoms with Crippen LogP contribution in [0.5, 0.6) is 11.5 Å². The first-order chi connectivity index (χ1) is 8.75. The van der Waals surface area contributed by atoms with Crippen LogP contribution in [-0.2, 0) is 6.54 Å². The van der Waals surface area contributed by atoms with Crippen molar-refractivity contribution in [2.24, 2.45) is 5.41 Å². The van der Waals surface area contributed by atoms with Crippen LogP contribution in [0.1, 0.15) is 38.2 Å². The number of benzene rings is 1. The maximum Gasteiger partial charge on any atom is 0.231 e. The summed E-state index contributed by atoms with van der Waals surface area (Å²) in [6.45, 7) is 4.77. The Morgan fingerprint density at radius 2 is 1.94 bits per heavy atom. The highest BCUT2D eigenvalue weighted by atomic mass is 16.7. The van der Waals surface area contributed by atoms with Crippen LogP contribution in [0.25, 0.3) is 0 Å². The van der Waals surface area contributed by atoms with E-state index < -0.39 is 0 Å². The fraction of sp³-hybridized carbons (Fsp3) is 0.600. The summed E-state index contributed by atoms with van der Waals surface area (Å²) in [5, 5.41) is 3.58. The van der Waals surface area contributed by atoms with Gasteiger partial charge in [0.05, 0.1) is 0 Å². The summed E-state index contributed by atoms with van der Waals surface area (Å²) in [7, 11) is 0. The monoisotopic (exact) mass is 247 g/mol. The Morgan fingerprint density at radius 3 is 2.78 bits per heavy atom. The molecule has 1 aliphatic carbocycles. The van der Waals surface area contributed by atoms with Crippen LogP contribution in [-0.4, -0.2) is 13.3 Å². The van der Waals surface area contributed by atoms with Crippen LogP contribution >= 0.6 is 0 Å². The molecule has 0 saturated heterocycles. The van der Waals surface area contributed by atoms with Gasteiger partial charge in [0.25, 0.3) is 0 Å². The van der Waals surface area contributed by atoms with Crippen LogP contribution in [0.4, 0.5) is 0 Å². The van der Waals surface area contributed by atoms with Crippen LogP contribution < -0.4 is 14.8 Å². The Morgan fingerprint density at radius 1 is 1.17 bits per heavy atom. The summed E-state index contributed by atoms with van der Waals surface area (Å²) in [5.74, 6) is 1.74. The number of rotatable bonds is 4. The third-order valence-electron chi connectivity index (χ3n) is 4.13. The van der Waals surface area contributed by atoms with Gasteiger partial charge in [-0.2, -0.15) is 0 Å². The fourth-order valence-corrected chi connectivity index (χ4v) is 2.96. The molecular formula is C15H21NO2. The first-order valence-electron chi connectivity index (χ1n) is 6.84. The largest absolute Gasteiger partial charge is 0.454 e. The summed E-state index contributed by atoms with van der Waals surface area (Å²) < 4.78 is 10.7. The van der Waals surface area contributed by atoms with Crippen molar-refractivity contribution in [3.63, 3.8) is 0 Å². The van der Waals surface area contributed by atoms with Gasteiger partial charge in [-0.1, -0.05) is 25.8 Å². The molecule has 1 aromatic carbocycles. The summed E-state index contributed by atoms with van der Waals surface area (Å²) in [5.41, 5.74) is 1.77. The van der Waals surface area contributed by atoms with E-state index in [0.29, 0.717) is 12.2 Å². The predicted octanol–water partition coefficient (Wildman–Crippen LogP) is 3.09. The van der Waals surface area contributed by atoms with Gasteiger partial charge < -0.3 is 14.8 Å². The van der Waals surface area contributed by atoms with Crippen LogP contribution in [0.3, 0.4) is 0 Å². The van der Waals surface area contributed by atoms with Crippen molar-refractivity contribution < 1.29 is 9.47 Å². The van der Waals surface area contributed by atoms with Crippen molar-refractivity contribution >= 4 is 0 Å². The molecular weight excluding hydrogens is 226 g/mol. The van der Waals surface area contributed by atoms with E-state index >= 15 is 0 Å². The predicted molar refractivity (Wildman–Crippen MR) is 70.8 cm³/mol. The molecule has 98 valence electrons. The molecule has 2 aliphatic rings. The van der Waals surface area contributed by atoms with E-state index in [9.17, 15) is 0 Å². The van der Waals surface area contributed by atoms with E-state index in [1.54, 1.807) is 0 Å². The number of fused-ring (bicyclic) bond motifs is 1. The van der Waals surface area contributed by atoms with Crippen molar-refractivity contribution in [1.29, 1.82) is 0 Å². The van der Waals surface area contributed by atoms with E-state index in [1.807, 2.05) is 6.07 Å². The molecule has 0 bridgehead atoms. The van der Waals surface area contributed by atoms with Gasteiger partial charge in [0.2, 0.25) is 6.79 Å². The molecule has 1 N–H and O–H groups in total. The molecule has 0 radical (unpaired) electrons. The molecule has 1 aliphatic heterocycles. The molecule has 18 heavy (non-hydrogen) atoms. The number of ether oxygens (including phenoxy) is 2. The molecule has 1 heterocycles. The van der Waals surface area contributed by atoms with E-state index in [4.69, 9.17) is 9.47 Å². The number of nitrogens with one attached hydrogen (secondary N) is 1. The summed E-state index contributed by atoms with van der Waals surface area (Å²) in [6.07, 6.45) is 5.51. The molecule has 0 atom stereocenters. The fourth-order valence-electron chi connectivity index (χ4n) is 2.96. The molecule has 0 amide bonds. The Balaban J connectivity index is 1.54. The molecule has 1 saturated carbocycles. The van der Waals surface area contributed by atoms with Crippen molar-refractivity contribution in [2.75, 3.05) is 13.3 Å². The Kier molecular flexibility index (Phi) is 3.16. The van der Waals surface area contributed by atoms with Gasteiger partial charge in [-0.15, -0.1) is 0 Å². The molecule has 0 aromatic heterocycles. The SMILES string of the molecule is CC1(CNCc2ccc3c(c2)OCO3)CCCC1. The van der Waals surface area contributed by atoms with Crippen LogP contribution in [0.2, 0.25) is 0 Å². The second kappa shape index (κ2) is 4.81. The van der Waals surface area contributed by atoms with Gasteiger partial charge in [-0.25, -0.2) is 0 Å². The molecule has 3 rings (SSSR count). The Labute approximate surface area is 108 Å². The zero-order valence-electron chi connectivity index (χ0n) is 11.0. The third kappa shape index (κ3) is 2.46.